The minimum atomic E-state index is -0.464. The highest BCUT2D eigenvalue weighted by atomic mass is 16.7. The molecule has 1 fully saturated rings. The van der Waals surface area contributed by atoms with Gasteiger partial charge in [0.2, 0.25) is 0 Å². The second kappa shape index (κ2) is 6.48. The van der Waals surface area contributed by atoms with Crippen LogP contribution in [0.15, 0.2) is 18.2 Å². The van der Waals surface area contributed by atoms with Crippen molar-refractivity contribution < 1.29 is 23.5 Å². The summed E-state index contributed by atoms with van der Waals surface area (Å²) in [5.41, 5.74) is 0.0820. The summed E-state index contributed by atoms with van der Waals surface area (Å²) < 4.78 is 28.3. The Labute approximate surface area is 133 Å². The van der Waals surface area contributed by atoms with E-state index in [1.807, 2.05) is 45.9 Å². The van der Waals surface area contributed by atoms with E-state index in [2.05, 4.69) is 0 Å². The summed E-state index contributed by atoms with van der Waals surface area (Å²) in [6, 6.07) is 5.64. The zero-order valence-corrected chi connectivity index (χ0v) is 14.3. The summed E-state index contributed by atoms with van der Waals surface area (Å²) in [4.78, 5) is 0. The van der Waals surface area contributed by atoms with E-state index < -0.39 is 7.12 Å². The standard InChI is InChI=1S/C16H25BO5/c1-15(2)16(3,4)22-17(21-15)13-8-7-12(19-6)11-14(13)20-10-9-18-5/h7-8,11H,9-10H2,1-6H3. The Kier molecular flexibility index (Phi) is 5.05. The van der Waals surface area contributed by atoms with Crippen LogP contribution in [0.2, 0.25) is 0 Å². The normalized spacial score (nSPS) is 19.3. The highest BCUT2D eigenvalue weighted by molar-refractivity contribution is 6.63. The molecular weight excluding hydrogens is 283 g/mol. The summed E-state index contributed by atoms with van der Waals surface area (Å²) in [6.45, 7) is 9.09. The Morgan fingerprint density at radius 1 is 1.00 bits per heavy atom. The van der Waals surface area contributed by atoms with Crippen LogP contribution in [0.3, 0.4) is 0 Å². The van der Waals surface area contributed by atoms with E-state index in [-0.39, 0.29) is 11.2 Å². The van der Waals surface area contributed by atoms with E-state index in [1.54, 1.807) is 14.2 Å². The Bertz CT molecular complexity index is 499. The van der Waals surface area contributed by atoms with E-state index in [0.29, 0.717) is 19.0 Å². The molecule has 1 aromatic carbocycles. The van der Waals surface area contributed by atoms with Crippen LogP contribution in [0.25, 0.3) is 0 Å². The van der Waals surface area contributed by atoms with Crippen molar-refractivity contribution in [1.82, 2.24) is 0 Å². The maximum Gasteiger partial charge on any atom is 0.498 e. The summed E-state index contributed by atoms with van der Waals surface area (Å²) in [7, 11) is 2.81. The van der Waals surface area contributed by atoms with Crippen LogP contribution >= 0.6 is 0 Å². The van der Waals surface area contributed by atoms with Crippen molar-refractivity contribution in [2.45, 2.75) is 38.9 Å². The molecule has 122 valence electrons. The van der Waals surface area contributed by atoms with Crippen LogP contribution < -0.4 is 14.9 Å². The quantitative estimate of drug-likeness (QED) is 0.594. The smallest absolute Gasteiger partial charge is 0.497 e. The van der Waals surface area contributed by atoms with Crippen LogP contribution in [0, 0.1) is 0 Å². The lowest BCUT2D eigenvalue weighted by molar-refractivity contribution is 0.00578. The van der Waals surface area contributed by atoms with Gasteiger partial charge >= 0.3 is 7.12 Å². The first-order valence-electron chi connectivity index (χ1n) is 7.46. The van der Waals surface area contributed by atoms with Gasteiger partial charge in [-0.3, -0.25) is 0 Å². The zero-order chi connectivity index (χ0) is 16.4. The molecule has 2 rings (SSSR count). The lowest BCUT2D eigenvalue weighted by atomic mass is 9.78. The fourth-order valence-electron chi connectivity index (χ4n) is 2.17. The molecule has 0 radical (unpaired) electrons. The first kappa shape index (κ1) is 17.1. The van der Waals surface area contributed by atoms with Gasteiger partial charge < -0.3 is 23.5 Å². The fourth-order valence-corrected chi connectivity index (χ4v) is 2.17. The monoisotopic (exact) mass is 308 g/mol. The number of rotatable bonds is 6. The molecule has 0 aliphatic carbocycles. The predicted octanol–water partition coefficient (Wildman–Crippen LogP) is 2.02. The Balaban J connectivity index is 2.26. The topological polar surface area (TPSA) is 46.2 Å². The van der Waals surface area contributed by atoms with Gasteiger partial charge in [0.15, 0.2) is 0 Å². The van der Waals surface area contributed by atoms with Gasteiger partial charge in [-0.1, -0.05) is 6.07 Å². The minimum absolute atomic E-state index is 0.388. The van der Waals surface area contributed by atoms with Crippen molar-refractivity contribution in [3.8, 4) is 11.5 Å². The van der Waals surface area contributed by atoms with Crippen LogP contribution in [0.5, 0.6) is 11.5 Å². The van der Waals surface area contributed by atoms with E-state index in [4.69, 9.17) is 23.5 Å². The van der Waals surface area contributed by atoms with Crippen LogP contribution in [-0.4, -0.2) is 45.8 Å². The molecule has 0 saturated carbocycles. The second-order valence-electron chi connectivity index (χ2n) is 6.33. The fraction of sp³-hybridized carbons (Fsp3) is 0.625. The van der Waals surface area contributed by atoms with Crippen molar-refractivity contribution in [2.24, 2.45) is 0 Å². The van der Waals surface area contributed by atoms with Gasteiger partial charge in [0.05, 0.1) is 24.9 Å². The van der Waals surface area contributed by atoms with E-state index >= 15 is 0 Å². The molecule has 0 N–H and O–H groups in total. The van der Waals surface area contributed by atoms with Crippen LogP contribution in [0.1, 0.15) is 27.7 Å². The SMILES string of the molecule is COCCOc1cc(OC)ccc1B1OC(C)(C)C(C)(C)O1. The number of methoxy groups -OCH3 is 2. The van der Waals surface area contributed by atoms with Crippen molar-refractivity contribution in [3.05, 3.63) is 18.2 Å². The van der Waals surface area contributed by atoms with E-state index in [0.717, 1.165) is 11.2 Å². The third-order valence-corrected chi connectivity index (χ3v) is 4.27. The molecule has 0 amide bonds. The second-order valence-corrected chi connectivity index (χ2v) is 6.33. The number of benzene rings is 1. The molecule has 1 aliphatic rings. The van der Waals surface area contributed by atoms with Crippen molar-refractivity contribution >= 4 is 12.6 Å². The molecule has 0 atom stereocenters. The van der Waals surface area contributed by atoms with Crippen molar-refractivity contribution in [3.63, 3.8) is 0 Å². The minimum Gasteiger partial charge on any atom is -0.497 e. The maximum atomic E-state index is 6.10. The van der Waals surface area contributed by atoms with Gasteiger partial charge in [-0.25, -0.2) is 0 Å². The van der Waals surface area contributed by atoms with Crippen molar-refractivity contribution in [2.75, 3.05) is 27.4 Å². The van der Waals surface area contributed by atoms with Crippen LogP contribution in [-0.2, 0) is 14.0 Å². The molecule has 5 nitrogen and oxygen atoms in total. The summed E-state index contributed by atoms with van der Waals surface area (Å²) in [6.07, 6.45) is 0. The van der Waals surface area contributed by atoms with Crippen molar-refractivity contribution in [1.29, 1.82) is 0 Å². The van der Waals surface area contributed by atoms with E-state index in [9.17, 15) is 0 Å². The number of ether oxygens (including phenoxy) is 3. The molecular formula is C16H25BO5. The number of hydrogen-bond acceptors (Lipinski definition) is 5. The molecule has 6 heteroatoms. The molecule has 0 aromatic heterocycles. The lowest BCUT2D eigenvalue weighted by Gasteiger charge is -2.32. The maximum absolute atomic E-state index is 6.10. The molecule has 1 aromatic rings. The Morgan fingerprint density at radius 2 is 1.64 bits per heavy atom. The Hall–Kier alpha value is -1.24. The molecule has 1 heterocycles. The average Bonchev–Trinajstić information content (AvgIpc) is 2.67. The third-order valence-electron chi connectivity index (χ3n) is 4.27. The predicted molar refractivity (Wildman–Crippen MR) is 86.1 cm³/mol. The number of hydrogen-bond donors (Lipinski definition) is 0. The van der Waals surface area contributed by atoms with E-state index in [1.165, 1.54) is 0 Å². The first-order valence-corrected chi connectivity index (χ1v) is 7.46. The largest absolute Gasteiger partial charge is 0.498 e. The summed E-state index contributed by atoms with van der Waals surface area (Å²) >= 11 is 0. The summed E-state index contributed by atoms with van der Waals surface area (Å²) in [5.74, 6) is 1.42. The average molecular weight is 308 g/mol. The van der Waals surface area contributed by atoms with Gasteiger partial charge in [0.1, 0.15) is 18.1 Å². The van der Waals surface area contributed by atoms with Crippen LogP contribution in [0.4, 0.5) is 0 Å². The molecule has 0 spiro atoms. The molecule has 22 heavy (non-hydrogen) atoms. The molecule has 1 saturated heterocycles. The highest BCUT2D eigenvalue weighted by Gasteiger charge is 2.52. The highest BCUT2D eigenvalue weighted by Crippen LogP contribution is 2.37. The molecule has 0 unspecified atom stereocenters. The van der Waals surface area contributed by atoms with Gasteiger partial charge in [-0.05, 0) is 33.8 Å². The summed E-state index contributed by atoms with van der Waals surface area (Å²) in [5, 5.41) is 0. The van der Waals surface area contributed by atoms with Gasteiger partial charge in [0.25, 0.3) is 0 Å². The van der Waals surface area contributed by atoms with Gasteiger partial charge in [-0.2, -0.15) is 0 Å². The first-order chi connectivity index (χ1) is 10.3. The zero-order valence-electron chi connectivity index (χ0n) is 14.3. The molecule has 0 bridgehead atoms. The lowest BCUT2D eigenvalue weighted by Crippen LogP contribution is -2.41. The third kappa shape index (κ3) is 3.40. The Morgan fingerprint density at radius 3 is 2.18 bits per heavy atom. The van der Waals surface area contributed by atoms with Gasteiger partial charge in [0, 0.05) is 18.6 Å². The molecule has 1 aliphatic heterocycles. The van der Waals surface area contributed by atoms with Gasteiger partial charge in [-0.15, -0.1) is 0 Å².